The Morgan fingerprint density at radius 2 is 1.66 bits per heavy atom. The fraction of sp³-hybridized carbons (Fsp3) is 0.310. The number of aromatic amines is 1. The van der Waals surface area contributed by atoms with Gasteiger partial charge in [-0.05, 0) is 28.3 Å². The van der Waals surface area contributed by atoms with Crippen molar-refractivity contribution in [1.29, 1.82) is 0 Å². The van der Waals surface area contributed by atoms with E-state index in [-0.39, 0.29) is 17.7 Å². The SMILES string of the molecule is C[C@]1(C(=O)Nc2ncc(-c3cccc4ccccc34)[nH]2)C[C@H]2c3ccccc3C1CC21OCCO1. The number of imidazole rings is 1. The van der Waals surface area contributed by atoms with E-state index in [2.05, 4.69) is 70.7 Å². The average Bonchev–Trinajstić information content (AvgIpc) is 3.55. The molecule has 8 rings (SSSR count). The van der Waals surface area contributed by atoms with E-state index in [1.54, 1.807) is 6.20 Å². The Labute approximate surface area is 203 Å². The standard InChI is InChI=1S/C29H27N3O3/c1-28(15-24-21-11-5-4-10-20(21)23(28)16-29(24)34-13-14-35-29)26(33)32-27-30-17-25(31-27)22-12-6-8-18-7-2-3-9-19(18)22/h2-12,17,23-24H,13-16H2,1H3,(H2,30,31,32,33)/t23?,24-,28-/m0/s1. The number of amides is 1. The first kappa shape index (κ1) is 20.9. The lowest BCUT2D eigenvalue weighted by Gasteiger charge is -2.56. The minimum Gasteiger partial charge on any atom is -0.347 e. The lowest BCUT2D eigenvalue weighted by atomic mass is 9.52. The Morgan fingerprint density at radius 3 is 2.49 bits per heavy atom. The number of hydrogen-bond donors (Lipinski definition) is 2. The number of H-pyrrole nitrogens is 1. The highest BCUT2D eigenvalue weighted by Crippen LogP contribution is 2.64. The number of anilines is 1. The maximum Gasteiger partial charge on any atom is 0.233 e. The van der Waals surface area contributed by atoms with Crippen molar-refractivity contribution in [2.24, 2.45) is 5.41 Å². The van der Waals surface area contributed by atoms with Gasteiger partial charge in [-0.15, -0.1) is 0 Å². The molecule has 0 radical (unpaired) electrons. The summed E-state index contributed by atoms with van der Waals surface area (Å²) in [6.07, 6.45) is 3.16. The molecule has 1 saturated heterocycles. The summed E-state index contributed by atoms with van der Waals surface area (Å²) in [6, 6.07) is 22.9. The van der Waals surface area contributed by atoms with Crippen LogP contribution in [0.1, 0.15) is 42.7 Å². The molecule has 2 fully saturated rings. The molecule has 2 heterocycles. The molecule has 2 bridgehead atoms. The molecular weight excluding hydrogens is 438 g/mol. The molecule has 1 aliphatic heterocycles. The van der Waals surface area contributed by atoms with Gasteiger partial charge in [0.25, 0.3) is 0 Å². The number of aromatic nitrogens is 2. The molecule has 6 nitrogen and oxygen atoms in total. The zero-order valence-corrected chi connectivity index (χ0v) is 19.6. The van der Waals surface area contributed by atoms with E-state index < -0.39 is 11.2 Å². The Morgan fingerprint density at radius 1 is 0.943 bits per heavy atom. The van der Waals surface area contributed by atoms with Crippen molar-refractivity contribution in [1.82, 2.24) is 9.97 Å². The Hall–Kier alpha value is -3.48. The molecule has 4 aromatic rings. The van der Waals surface area contributed by atoms with Crippen molar-refractivity contribution in [3.05, 3.63) is 84.1 Å². The molecule has 1 spiro atoms. The quantitative estimate of drug-likeness (QED) is 0.413. The molecule has 3 atom stereocenters. The van der Waals surface area contributed by atoms with Crippen LogP contribution in [-0.4, -0.2) is 34.9 Å². The van der Waals surface area contributed by atoms with Crippen LogP contribution in [0.2, 0.25) is 0 Å². The smallest absolute Gasteiger partial charge is 0.233 e. The first-order chi connectivity index (χ1) is 17.1. The van der Waals surface area contributed by atoms with Crippen LogP contribution in [-0.2, 0) is 14.3 Å². The number of benzene rings is 3. The minimum absolute atomic E-state index is 0.00861. The zero-order chi connectivity index (χ0) is 23.6. The largest absolute Gasteiger partial charge is 0.347 e. The lowest BCUT2D eigenvalue weighted by molar-refractivity contribution is -0.216. The third kappa shape index (κ3) is 3.03. The molecule has 1 unspecified atom stereocenters. The summed E-state index contributed by atoms with van der Waals surface area (Å²) in [5.41, 5.74) is 3.84. The Kier molecular flexibility index (Phi) is 4.47. The van der Waals surface area contributed by atoms with Gasteiger partial charge in [-0.3, -0.25) is 10.1 Å². The van der Waals surface area contributed by atoms with Crippen LogP contribution in [0.5, 0.6) is 0 Å². The molecule has 1 aromatic heterocycles. The molecule has 3 aromatic carbocycles. The highest BCUT2D eigenvalue weighted by Gasteiger charge is 2.63. The van der Waals surface area contributed by atoms with E-state index in [0.717, 1.165) is 16.6 Å². The van der Waals surface area contributed by atoms with E-state index in [4.69, 9.17) is 9.47 Å². The van der Waals surface area contributed by atoms with Crippen LogP contribution in [0.4, 0.5) is 5.95 Å². The summed E-state index contributed by atoms with van der Waals surface area (Å²) in [4.78, 5) is 21.6. The number of carbonyl (C=O) groups is 1. The number of nitrogens with zero attached hydrogens (tertiary/aromatic N) is 1. The van der Waals surface area contributed by atoms with E-state index in [1.807, 2.05) is 18.2 Å². The van der Waals surface area contributed by atoms with Crippen molar-refractivity contribution in [2.45, 2.75) is 37.4 Å². The van der Waals surface area contributed by atoms with Gasteiger partial charge in [-0.25, -0.2) is 4.98 Å². The molecular formula is C29H27N3O3. The second-order valence-electron chi connectivity index (χ2n) is 10.2. The van der Waals surface area contributed by atoms with Gasteiger partial charge in [0.05, 0.1) is 30.5 Å². The first-order valence-electron chi connectivity index (χ1n) is 12.3. The summed E-state index contributed by atoms with van der Waals surface area (Å²) in [5.74, 6) is -0.116. The normalized spacial score (nSPS) is 26.2. The van der Waals surface area contributed by atoms with Crippen molar-refractivity contribution in [2.75, 3.05) is 18.5 Å². The van der Waals surface area contributed by atoms with E-state index in [0.29, 0.717) is 32.0 Å². The van der Waals surface area contributed by atoms with Crippen LogP contribution in [0.3, 0.4) is 0 Å². The fourth-order valence-electron chi connectivity index (χ4n) is 6.59. The zero-order valence-electron chi connectivity index (χ0n) is 19.6. The summed E-state index contributed by atoms with van der Waals surface area (Å²) in [5, 5.41) is 5.41. The second kappa shape index (κ2) is 7.51. The molecule has 6 heteroatoms. The monoisotopic (exact) mass is 465 g/mol. The maximum absolute atomic E-state index is 13.8. The summed E-state index contributed by atoms with van der Waals surface area (Å²) in [6.45, 7) is 3.29. The Bertz CT molecular complexity index is 1450. The molecule has 3 aliphatic carbocycles. The van der Waals surface area contributed by atoms with Gasteiger partial charge in [-0.1, -0.05) is 73.7 Å². The predicted octanol–water partition coefficient (Wildman–Crippen LogP) is 5.59. The van der Waals surface area contributed by atoms with Gasteiger partial charge in [0.15, 0.2) is 5.79 Å². The highest BCUT2D eigenvalue weighted by atomic mass is 16.7. The highest BCUT2D eigenvalue weighted by molar-refractivity contribution is 5.97. The number of ether oxygens (including phenoxy) is 2. The maximum atomic E-state index is 13.8. The molecule has 176 valence electrons. The van der Waals surface area contributed by atoms with E-state index in [9.17, 15) is 4.79 Å². The number of nitrogens with one attached hydrogen (secondary N) is 2. The summed E-state index contributed by atoms with van der Waals surface area (Å²) < 4.78 is 12.4. The van der Waals surface area contributed by atoms with Crippen molar-refractivity contribution < 1.29 is 14.3 Å². The van der Waals surface area contributed by atoms with Gasteiger partial charge in [0.1, 0.15) is 0 Å². The van der Waals surface area contributed by atoms with Gasteiger partial charge < -0.3 is 14.5 Å². The third-order valence-electron chi connectivity index (χ3n) is 8.35. The van der Waals surface area contributed by atoms with Crippen molar-refractivity contribution >= 4 is 22.6 Å². The van der Waals surface area contributed by atoms with E-state index in [1.165, 1.54) is 16.5 Å². The third-order valence-corrected chi connectivity index (χ3v) is 8.35. The average molecular weight is 466 g/mol. The molecule has 1 saturated carbocycles. The number of fused-ring (bicyclic) bond motifs is 2. The molecule has 4 aliphatic rings. The molecule has 1 amide bonds. The van der Waals surface area contributed by atoms with Gasteiger partial charge in [-0.2, -0.15) is 0 Å². The van der Waals surface area contributed by atoms with Crippen LogP contribution in [0.25, 0.3) is 22.0 Å². The molecule has 2 N–H and O–H groups in total. The summed E-state index contributed by atoms with van der Waals surface area (Å²) >= 11 is 0. The number of hydrogen-bond acceptors (Lipinski definition) is 4. The summed E-state index contributed by atoms with van der Waals surface area (Å²) in [7, 11) is 0. The van der Waals surface area contributed by atoms with Crippen molar-refractivity contribution in [3.8, 4) is 11.3 Å². The van der Waals surface area contributed by atoms with Crippen molar-refractivity contribution in [3.63, 3.8) is 0 Å². The Balaban J connectivity index is 1.20. The topological polar surface area (TPSA) is 76.2 Å². The predicted molar refractivity (Wildman–Crippen MR) is 134 cm³/mol. The molecule has 35 heavy (non-hydrogen) atoms. The lowest BCUT2D eigenvalue weighted by Crippen LogP contribution is -2.56. The van der Waals surface area contributed by atoms with Crippen LogP contribution >= 0.6 is 0 Å². The number of rotatable bonds is 3. The minimum atomic E-state index is -0.606. The number of carbonyl (C=O) groups excluding carboxylic acids is 1. The van der Waals surface area contributed by atoms with Gasteiger partial charge in [0.2, 0.25) is 11.9 Å². The van der Waals surface area contributed by atoms with E-state index >= 15 is 0 Å². The van der Waals surface area contributed by atoms with Crippen LogP contribution in [0.15, 0.2) is 72.9 Å². The van der Waals surface area contributed by atoms with Crippen LogP contribution in [0, 0.1) is 5.41 Å². The first-order valence-corrected chi connectivity index (χ1v) is 12.3. The van der Waals surface area contributed by atoms with Crippen LogP contribution < -0.4 is 5.32 Å². The second-order valence-corrected chi connectivity index (χ2v) is 10.2. The van der Waals surface area contributed by atoms with Gasteiger partial charge >= 0.3 is 0 Å². The van der Waals surface area contributed by atoms with Gasteiger partial charge in [0, 0.05) is 23.8 Å². The fourth-order valence-corrected chi connectivity index (χ4v) is 6.59.